The van der Waals surface area contributed by atoms with Crippen LogP contribution in [0.1, 0.15) is 73.3 Å². The second kappa shape index (κ2) is 10.6. The summed E-state index contributed by atoms with van der Waals surface area (Å²) in [6.07, 6.45) is 6.25. The molecule has 10 heteroatoms. The SMILES string of the molecule is CCOC(=O)c1cc2n(n1)CC(C)(C(=O)NC1CCCCCC1)N(c1cc(OC)cc(OC)c1)C2=O. The molecule has 1 aromatic heterocycles. The van der Waals surface area contributed by atoms with Gasteiger partial charge in [-0.3, -0.25) is 19.2 Å². The number of anilines is 1. The Morgan fingerprint density at radius 1 is 1.06 bits per heavy atom. The van der Waals surface area contributed by atoms with Gasteiger partial charge in [-0.05, 0) is 26.7 Å². The minimum Gasteiger partial charge on any atom is -0.497 e. The fraction of sp³-hybridized carbons (Fsp3) is 0.538. The molecule has 2 aliphatic rings. The number of carbonyl (C=O) groups excluding carboxylic acids is 3. The Hall–Kier alpha value is -3.56. The molecule has 194 valence electrons. The number of ether oxygens (including phenoxy) is 3. The van der Waals surface area contributed by atoms with Crippen LogP contribution in [-0.4, -0.2) is 60.0 Å². The quantitative estimate of drug-likeness (QED) is 0.460. The summed E-state index contributed by atoms with van der Waals surface area (Å²) in [4.78, 5) is 41.6. The molecular formula is C26H34N4O6. The zero-order chi connectivity index (χ0) is 25.9. The van der Waals surface area contributed by atoms with Gasteiger partial charge in [-0.1, -0.05) is 25.7 Å². The Morgan fingerprint density at radius 2 is 1.69 bits per heavy atom. The van der Waals surface area contributed by atoms with Crippen molar-refractivity contribution in [3.8, 4) is 11.5 Å². The third kappa shape index (κ3) is 4.89. The highest BCUT2D eigenvalue weighted by atomic mass is 16.5. The Labute approximate surface area is 210 Å². The molecule has 2 amide bonds. The molecule has 2 heterocycles. The smallest absolute Gasteiger partial charge is 0.358 e. The van der Waals surface area contributed by atoms with E-state index in [0.717, 1.165) is 38.5 Å². The summed E-state index contributed by atoms with van der Waals surface area (Å²) in [5.74, 6) is -0.391. The fourth-order valence-electron chi connectivity index (χ4n) is 4.98. The van der Waals surface area contributed by atoms with Crippen molar-refractivity contribution in [1.29, 1.82) is 0 Å². The third-order valence-corrected chi connectivity index (χ3v) is 6.91. The van der Waals surface area contributed by atoms with E-state index in [1.807, 2.05) is 0 Å². The molecule has 1 N–H and O–H groups in total. The van der Waals surface area contributed by atoms with E-state index < -0.39 is 17.4 Å². The summed E-state index contributed by atoms with van der Waals surface area (Å²) in [6, 6.07) is 6.53. The molecule has 4 rings (SSSR count). The van der Waals surface area contributed by atoms with Gasteiger partial charge in [-0.25, -0.2) is 4.79 Å². The Balaban J connectivity index is 1.78. The summed E-state index contributed by atoms with van der Waals surface area (Å²) >= 11 is 0. The second-order valence-electron chi connectivity index (χ2n) is 9.44. The molecule has 0 saturated heterocycles. The van der Waals surface area contributed by atoms with Gasteiger partial charge < -0.3 is 19.5 Å². The highest BCUT2D eigenvalue weighted by molar-refractivity contribution is 6.12. The topological polar surface area (TPSA) is 112 Å². The van der Waals surface area contributed by atoms with Crippen LogP contribution in [0.3, 0.4) is 0 Å². The van der Waals surface area contributed by atoms with Crippen molar-refractivity contribution in [3.05, 3.63) is 35.7 Å². The molecule has 0 radical (unpaired) electrons. The van der Waals surface area contributed by atoms with E-state index in [0.29, 0.717) is 17.2 Å². The van der Waals surface area contributed by atoms with E-state index in [2.05, 4.69) is 10.4 Å². The number of carbonyl (C=O) groups is 3. The average Bonchev–Trinajstić information content (AvgIpc) is 3.13. The van der Waals surface area contributed by atoms with Gasteiger partial charge in [0.15, 0.2) is 5.69 Å². The van der Waals surface area contributed by atoms with Gasteiger partial charge in [-0.2, -0.15) is 5.10 Å². The Morgan fingerprint density at radius 3 is 2.28 bits per heavy atom. The maximum Gasteiger partial charge on any atom is 0.358 e. The maximum atomic E-state index is 13.9. The second-order valence-corrected chi connectivity index (χ2v) is 9.44. The zero-order valence-corrected chi connectivity index (χ0v) is 21.3. The highest BCUT2D eigenvalue weighted by Crippen LogP contribution is 2.37. The van der Waals surface area contributed by atoms with Crippen LogP contribution in [-0.2, 0) is 16.1 Å². The number of nitrogens with zero attached hydrogens (tertiary/aromatic N) is 3. The number of benzene rings is 1. The third-order valence-electron chi connectivity index (χ3n) is 6.91. The van der Waals surface area contributed by atoms with Gasteiger partial charge in [0, 0.05) is 30.3 Å². The van der Waals surface area contributed by atoms with Crippen LogP contribution >= 0.6 is 0 Å². The van der Waals surface area contributed by atoms with Crippen LogP contribution in [0.2, 0.25) is 0 Å². The number of nitrogens with one attached hydrogen (secondary N) is 1. The summed E-state index contributed by atoms with van der Waals surface area (Å²) < 4.78 is 17.3. The van der Waals surface area contributed by atoms with E-state index in [-0.39, 0.29) is 36.5 Å². The van der Waals surface area contributed by atoms with E-state index >= 15 is 0 Å². The van der Waals surface area contributed by atoms with Crippen LogP contribution in [0.15, 0.2) is 24.3 Å². The number of hydrogen-bond acceptors (Lipinski definition) is 7. The number of methoxy groups -OCH3 is 2. The lowest BCUT2D eigenvalue weighted by atomic mass is 9.93. The molecule has 2 aromatic rings. The van der Waals surface area contributed by atoms with Crippen molar-refractivity contribution >= 4 is 23.5 Å². The van der Waals surface area contributed by atoms with Crippen molar-refractivity contribution in [1.82, 2.24) is 15.1 Å². The summed E-state index contributed by atoms with van der Waals surface area (Å²) in [7, 11) is 3.05. The lowest BCUT2D eigenvalue weighted by Gasteiger charge is -2.43. The first kappa shape index (κ1) is 25.5. The van der Waals surface area contributed by atoms with E-state index in [9.17, 15) is 14.4 Å². The predicted octanol–water partition coefficient (Wildman–Crippen LogP) is 3.34. The van der Waals surface area contributed by atoms with E-state index in [4.69, 9.17) is 14.2 Å². The molecule has 36 heavy (non-hydrogen) atoms. The standard InChI is InChI=1S/C26H34N4O6/c1-5-36-24(32)21-15-22-23(31)30(18-12-19(34-3)14-20(13-18)35-4)26(2,16-29(22)28-21)25(33)27-17-10-8-6-7-9-11-17/h12-15,17H,5-11,16H2,1-4H3,(H,27,33). The van der Waals surface area contributed by atoms with Crippen molar-refractivity contribution in [2.45, 2.75) is 70.5 Å². The molecule has 1 unspecified atom stereocenters. The molecule has 1 aliphatic carbocycles. The monoisotopic (exact) mass is 498 g/mol. The normalized spacial score (nSPS) is 20.3. The molecule has 0 bridgehead atoms. The average molecular weight is 499 g/mol. The Bertz CT molecular complexity index is 1120. The first-order valence-electron chi connectivity index (χ1n) is 12.4. The minimum atomic E-state index is -1.33. The number of amides is 2. The molecule has 1 saturated carbocycles. The molecule has 1 atom stereocenters. The van der Waals surface area contributed by atoms with Crippen LogP contribution in [0, 0.1) is 0 Å². The van der Waals surface area contributed by atoms with Crippen LogP contribution in [0.5, 0.6) is 11.5 Å². The first-order chi connectivity index (χ1) is 17.3. The van der Waals surface area contributed by atoms with Crippen molar-refractivity contribution in [2.75, 3.05) is 25.7 Å². The molecule has 10 nitrogen and oxygen atoms in total. The van der Waals surface area contributed by atoms with Gasteiger partial charge in [0.25, 0.3) is 5.91 Å². The van der Waals surface area contributed by atoms with Crippen molar-refractivity contribution < 1.29 is 28.6 Å². The molecule has 1 aliphatic heterocycles. The number of fused-ring (bicyclic) bond motifs is 1. The summed E-state index contributed by atoms with van der Waals surface area (Å²) in [5, 5.41) is 7.52. The Kier molecular flexibility index (Phi) is 7.51. The van der Waals surface area contributed by atoms with Gasteiger partial charge in [0.05, 0.1) is 33.1 Å². The van der Waals surface area contributed by atoms with Crippen LogP contribution in [0.4, 0.5) is 5.69 Å². The number of rotatable bonds is 7. The zero-order valence-electron chi connectivity index (χ0n) is 21.3. The van der Waals surface area contributed by atoms with Gasteiger partial charge in [0.1, 0.15) is 22.7 Å². The van der Waals surface area contributed by atoms with E-state index in [1.165, 1.54) is 29.9 Å². The van der Waals surface area contributed by atoms with Gasteiger partial charge in [0.2, 0.25) is 5.91 Å². The molecule has 1 aromatic carbocycles. The van der Waals surface area contributed by atoms with Crippen LogP contribution in [0.25, 0.3) is 0 Å². The number of hydrogen-bond donors (Lipinski definition) is 1. The minimum absolute atomic E-state index is 0.0248. The molecule has 1 fully saturated rings. The van der Waals surface area contributed by atoms with Crippen LogP contribution < -0.4 is 19.7 Å². The van der Waals surface area contributed by atoms with E-state index in [1.54, 1.807) is 32.0 Å². The molecule has 0 spiro atoms. The van der Waals surface area contributed by atoms with Crippen molar-refractivity contribution in [3.63, 3.8) is 0 Å². The maximum absolute atomic E-state index is 13.9. The number of esters is 1. The van der Waals surface area contributed by atoms with Gasteiger partial charge in [-0.15, -0.1) is 0 Å². The van der Waals surface area contributed by atoms with Crippen molar-refractivity contribution in [2.24, 2.45) is 0 Å². The lowest BCUT2D eigenvalue weighted by Crippen LogP contribution is -2.65. The summed E-state index contributed by atoms with van der Waals surface area (Å²) in [6.45, 7) is 3.67. The highest BCUT2D eigenvalue weighted by Gasteiger charge is 2.49. The largest absolute Gasteiger partial charge is 0.497 e. The first-order valence-corrected chi connectivity index (χ1v) is 12.4. The fourth-order valence-corrected chi connectivity index (χ4v) is 4.98. The number of aromatic nitrogens is 2. The summed E-state index contributed by atoms with van der Waals surface area (Å²) in [5.41, 5.74) is -0.664. The lowest BCUT2D eigenvalue weighted by molar-refractivity contribution is -0.127. The predicted molar refractivity (Wildman–Crippen MR) is 133 cm³/mol. The molecular weight excluding hydrogens is 464 g/mol. The van der Waals surface area contributed by atoms with Gasteiger partial charge >= 0.3 is 5.97 Å².